The molecular formula is C24H23FN2O4. The van der Waals surface area contributed by atoms with Gasteiger partial charge in [-0.1, -0.05) is 30.3 Å². The number of methoxy groups -OCH3 is 1. The lowest BCUT2D eigenvalue weighted by atomic mass is 9.79. The van der Waals surface area contributed by atoms with Gasteiger partial charge in [0.2, 0.25) is 5.91 Å². The first-order valence-electron chi connectivity index (χ1n) is 10.0. The summed E-state index contributed by atoms with van der Waals surface area (Å²) in [5.41, 5.74) is 1.81. The molecule has 0 radical (unpaired) electrons. The summed E-state index contributed by atoms with van der Waals surface area (Å²) in [6.07, 6.45) is 1.55. The molecule has 0 saturated heterocycles. The monoisotopic (exact) mass is 422 g/mol. The summed E-state index contributed by atoms with van der Waals surface area (Å²) < 4.78 is 24.1. The maximum absolute atomic E-state index is 13.6. The van der Waals surface area contributed by atoms with E-state index >= 15 is 0 Å². The van der Waals surface area contributed by atoms with Crippen LogP contribution in [0.25, 0.3) is 0 Å². The normalized spacial score (nSPS) is 18.0. The van der Waals surface area contributed by atoms with Gasteiger partial charge in [0, 0.05) is 19.2 Å². The number of hydrogen-bond donors (Lipinski definition) is 1. The molecule has 1 aliphatic rings. The highest BCUT2D eigenvalue weighted by atomic mass is 19.1. The van der Waals surface area contributed by atoms with Crippen molar-refractivity contribution in [3.8, 4) is 0 Å². The molecule has 2 aromatic carbocycles. The maximum Gasteiger partial charge on any atom is 0.254 e. The van der Waals surface area contributed by atoms with Crippen molar-refractivity contribution >= 4 is 11.8 Å². The van der Waals surface area contributed by atoms with E-state index < -0.39 is 12.0 Å². The van der Waals surface area contributed by atoms with Gasteiger partial charge in [0.1, 0.15) is 11.6 Å². The predicted molar refractivity (Wildman–Crippen MR) is 112 cm³/mol. The van der Waals surface area contributed by atoms with E-state index in [0.717, 1.165) is 0 Å². The summed E-state index contributed by atoms with van der Waals surface area (Å²) >= 11 is 0. The molecule has 160 valence electrons. The van der Waals surface area contributed by atoms with Crippen LogP contribution in [0.1, 0.15) is 39.2 Å². The number of benzene rings is 2. The first-order valence-corrected chi connectivity index (χ1v) is 10.0. The topological polar surface area (TPSA) is 71.8 Å². The summed E-state index contributed by atoms with van der Waals surface area (Å²) in [5, 5.41) is 2.92. The smallest absolute Gasteiger partial charge is 0.254 e. The molecule has 0 fully saturated rings. The number of ether oxygens (including phenoxy) is 1. The van der Waals surface area contributed by atoms with Crippen LogP contribution in [0.4, 0.5) is 4.39 Å². The Kier molecular flexibility index (Phi) is 6.13. The van der Waals surface area contributed by atoms with E-state index in [4.69, 9.17) is 9.15 Å². The number of carbonyl (C=O) groups is 2. The van der Waals surface area contributed by atoms with Gasteiger partial charge in [-0.15, -0.1) is 0 Å². The fourth-order valence-corrected chi connectivity index (χ4v) is 4.04. The van der Waals surface area contributed by atoms with Crippen molar-refractivity contribution < 1.29 is 23.1 Å². The minimum absolute atomic E-state index is 0.183. The molecule has 6 nitrogen and oxygen atoms in total. The SMILES string of the molecule is COCCN1C(=O)c2ccccc2[C@@H](C(=O)NCc2ccco2)[C@@H]1c1ccc(F)cc1. The van der Waals surface area contributed by atoms with Gasteiger partial charge in [0.25, 0.3) is 5.91 Å². The van der Waals surface area contributed by atoms with E-state index in [1.807, 2.05) is 6.07 Å². The highest BCUT2D eigenvalue weighted by molar-refractivity contribution is 6.01. The lowest BCUT2D eigenvalue weighted by Crippen LogP contribution is -2.48. The van der Waals surface area contributed by atoms with Gasteiger partial charge in [-0.05, 0) is 41.5 Å². The molecule has 1 aliphatic heterocycles. The zero-order valence-electron chi connectivity index (χ0n) is 17.1. The summed E-state index contributed by atoms with van der Waals surface area (Å²) in [6.45, 7) is 0.840. The van der Waals surface area contributed by atoms with Crippen LogP contribution in [0.3, 0.4) is 0 Å². The summed E-state index contributed by atoms with van der Waals surface area (Å²) in [6, 6.07) is 16.0. The van der Waals surface area contributed by atoms with E-state index in [1.54, 1.807) is 60.7 Å². The third kappa shape index (κ3) is 4.22. The lowest BCUT2D eigenvalue weighted by molar-refractivity contribution is -0.124. The number of furan rings is 1. The molecule has 31 heavy (non-hydrogen) atoms. The number of hydrogen-bond acceptors (Lipinski definition) is 4. The van der Waals surface area contributed by atoms with Crippen molar-refractivity contribution in [2.75, 3.05) is 20.3 Å². The second kappa shape index (κ2) is 9.14. The van der Waals surface area contributed by atoms with Crippen molar-refractivity contribution in [1.82, 2.24) is 10.2 Å². The summed E-state index contributed by atoms with van der Waals surface area (Å²) in [5.74, 6) is -0.854. The van der Waals surface area contributed by atoms with Gasteiger partial charge in [-0.3, -0.25) is 9.59 Å². The van der Waals surface area contributed by atoms with Gasteiger partial charge in [-0.25, -0.2) is 4.39 Å². The number of halogens is 1. The predicted octanol–water partition coefficient (Wildman–Crippen LogP) is 3.66. The van der Waals surface area contributed by atoms with E-state index in [0.29, 0.717) is 35.6 Å². The standard InChI is InChI=1S/C24H23FN2O4/c1-30-14-12-27-22(16-8-10-17(25)11-9-16)21(19-6-2-3-7-20(19)24(27)29)23(28)26-15-18-5-4-13-31-18/h2-11,13,21-22H,12,14-15H2,1H3,(H,26,28)/t21-,22+/m1/s1. The average molecular weight is 422 g/mol. The number of nitrogens with one attached hydrogen (secondary N) is 1. The van der Waals surface area contributed by atoms with Crippen molar-refractivity contribution in [1.29, 1.82) is 0 Å². The lowest BCUT2D eigenvalue weighted by Gasteiger charge is -2.41. The van der Waals surface area contributed by atoms with E-state index in [1.165, 1.54) is 12.1 Å². The van der Waals surface area contributed by atoms with Gasteiger partial charge in [0.15, 0.2) is 0 Å². The average Bonchev–Trinajstić information content (AvgIpc) is 3.31. The number of rotatable bonds is 7. The Hall–Kier alpha value is -3.45. The van der Waals surface area contributed by atoms with E-state index in [9.17, 15) is 14.0 Å². The minimum atomic E-state index is -0.675. The first-order chi connectivity index (χ1) is 15.1. The van der Waals surface area contributed by atoms with E-state index in [2.05, 4.69) is 5.32 Å². The number of nitrogens with zero attached hydrogens (tertiary/aromatic N) is 1. The van der Waals surface area contributed by atoms with Crippen molar-refractivity contribution in [2.24, 2.45) is 0 Å². The molecule has 0 saturated carbocycles. The Balaban J connectivity index is 1.77. The van der Waals surface area contributed by atoms with E-state index in [-0.39, 0.29) is 24.2 Å². The molecule has 0 aliphatic carbocycles. The Labute approximate surface area is 179 Å². The van der Waals surface area contributed by atoms with Crippen molar-refractivity contribution in [2.45, 2.75) is 18.5 Å². The molecule has 2 heterocycles. The Bertz CT molecular complexity index is 1050. The van der Waals surface area contributed by atoms with Gasteiger partial charge < -0.3 is 19.4 Å². The third-order valence-electron chi connectivity index (χ3n) is 5.49. The molecular weight excluding hydrogens is 399 g/mol. The fourth-order valence-electron chi connectivity index (χ4n) is 4.04. The fraction of sp³-hybridized carbons (Fsp3) is 0.250. The van der Waals surface area contributed by atoms with Crippen LogP contribution in [0, 0.1) is 5.82 Å². The van der Waals surface area contributed by atoms with Crippen LogP contribution in [0.2, 0.25) is 0 Å². The van der Waals surface area contributed by atoms with Gasteiger partial charge >= 0.3 is 0 Å². The van der Waals surface area contributed by atoms with Crippen LogP contribution in [-0.4, -0.2) is 37.0 Å². The zero-order chi connectivity index (χ0) is 21.8. The zero-order valence-corrected chi connectivity index (χ0v) is 17.1. The molecule has 0 unspecified atom stereocenters. The molecule has 2 atom stereocenters. The summed E-state index contributed by atoms with van der Waals surface area (Å²) in [7, 11) is 1.56. The molecule has 3 aromatic rings. The van der Waals surface area contributed by atoms with Gasteiger partial charge in [-0.2, -0.15) is 0 Å². The van der Waals surface area contributed by atoms with Crippen LogP contribution < -0.4 is 5.32 Å². The Morgan fingerprint density at radius 1 is 1.13 bits per heavy atom. The number of carbonyl (C=O) groups excluding carboxylic acids is 2. The molecule has 1 aromatic heterocycles. The molecule has 0 bridgehead atoms. The second-order valence-corrected chi connectivity index (χ2v) is 7.35. The molecule has 4 rings (SSSR count). The van der Waals surface area contributed by atoms with Crippen LogP contribution >= 0.6 is 0 Å². The molecule has 1 N–H and O–H groups in total. The number of amides is 2. The Morgan fingerprint density at radius 3 is 2.61 bits per heavy atom. The van der Waals surface area contributed by atoms with Crippen molar-refractivity contribution in [3.05, 3.63) is 95.2 Å². The molecule has 0 spiro atoms. The minimum Gasteiger partial charge on any atom is -0.467 e. The quantitative estimate of drug-likeness (QED) is 0.631. The highest BCUT2D eigenvalue weighted by Gasteiger charge is 2.43. The number of fused-ring (bicyclic) bond motifs is 1. The largest absolute Gasteiger partial charge is 0.467 e. The highest BCUT2D eigenvalue weighted by Crippen LogP contribution is 2.42. The molecule has 2 amide bonds. The van der Waals surface area contributed by atoms with Crippen LogP contribution in [0.15, 0.2) is 71.3 Å². The van der Waals surface area contributed by atoms with Gasteiger partial charge in [0.05, 0.1) is 31.4 Å². The second-order valence-electron chi connectivity index (χ2n) is 7.35. The van der Waals surface area contributed by atoms with Crippen molar-refractivity contribution in [3.63, 3.8) is 0 Å². The third-order valence-corrected chi connectivity index (χ3v) is 5.49. The van der Waals surface area contributed by atoms with Crippen LogP contribution in [-0.2, 0) is 16.1 Å². The first kappa shape index (κ1) is 20.8. The Morgan fingerprint density at radius 2 is 1.90 bits per heavy atom. The van der Waals surface area contributed by atoms with Crippen LogP contribution in [0.5, 0.6) is 0 Å². The molecule has 7 heteroatoms. The summed E-state index contributed by atoms with van der Waals surface area (Å²) in [4.78, 5) is 28.4. The maximum atomic E-state index is 13.6.